The molecule has 0 bridgehead atoms. The van der Waals surface area contributed by atoms with Crippen molar-refractivity contribution in [3.8, 4) is 16.3 Å². The van der Waals surface area contributed by atoms with E-state index in [2.05, 4.69) is 33.7 Å². The number of fused-ring (bicyclic) bond motifs is 2. The molecule has 3 aliphatic rings. The van der Waals surface area contributed by atoms with Crippen molar-refractivity contribution in [2.45, 2.75) is 26.4 Å². The summed E-state index contributed by atoms with van der Waals surface area (Å²) >= 11 is 1.74. The number of hydrogen-bond donors (Lipinski definition) is 0. The van der Waals surface area contributed by atoms with Gasteiger partial charge in [0, 0.05) is 31.9 Å². The van der Waals surface area contributed by atoms with Gasteiger partial charge in [0.25, 0.3) is 0 Å². The van der Waals surface area contributed by atoms with E-state index in [1.165, 1.54) is 0 Å². The van der Waals surface area contributed by atoms with Gasteiger partial charge < -0.3 is 31.4 Å². The second-order valence-corrected chi connectivity index (χ2v) is 10.3. The number of nitrogens with zero attached hydrogens (tertiary/aromatic N) is 4. The van der Waals surface area contributed by atoms with Crippen molar-refractivity contribution >= 4 is 33.3 Å². The Labute approximate surface area is 209 Å². The van der Waals surface area contributed by atoms with Gasteiger partial charge in [0.05, 0.1) is 41.0 Å². The van der Waals surface area contributed by atoms with Crippen LogP contribution in [0.2, 0.25) is 0 Å². The topological polar surface area (TPSA) is 57.9 Å². The molecule has 178 valence electrons. The highest BCUT2D eigenvalue weighted by atomic mass is 79.9. The molecule has 0 aromatic heterocycles. The van der Waals surface area contributed by atoms with Gasteiger partial charge in [0.2, 0.25) is 5.36 Å². The van der Waals surface area contributed by atoms with Crippen LogP contribution in [0.15, 0.2) is 30.3 Å². The lowest BCUT2D eigenvalue weighted by molar-refractivity contribution is -0.0000538. The average Bonchev–Trinajstić information content (AvgIpc) is 2.75. The summed E-state index contributed by atoms with van der Waals surface area (Å²) < 4.78 is 14.7. The van der Waals surface area contributed by atoms with Crippen LogP contribution in [-0.4, -0.2) is 69.0 Å². The van der Waals surface area contributed by atoms with Crippen LogP contribution in [0.5, 0.6) is 5.75 Å². The Kier molecular flexibility index (Phi) is 7.53. The number of anilines is 1. The summed E-state index contributed by atoms with van der Waals surface area (Å²) in [6, 6.07) is 10.5. The Balaban J connectivity index is 0.00000306. The average molecular weight is 536 g/mol. The molecule has 2 heterocycles. The molecule has 0 spiro atoms. The summed E-state index contributed by atoms with van der Waals surface area (Å²) in [5.41, 5.74) is 2.57. The molecule has 1 aliphatic carbocycles. The van der Waals surface area contributed by atoms with E-state index in [4.69, 9.17) is 14.5 Å². The highest BCUT2D eigenvalue weighted by Crippen LogP contribution is 2.33. The molecule has 0 atom stereocenters. The number of piperazine rings is 1. The van der Waals surface area contributed by atoms with Gasteiger partial charge >= 0.3 is 6.09 Å². The smallest absolute Gasteiger partial charge is 0.410 e. The molecule has 7 nitrogen and oxygen atoms in total. The normalized spacial score (nSPS) is 14.2. The zero-order valence-corrected chi connectivity index (χ0v) is 22.4. The fourth-order valence-electron chi connectivity index (χ4n) is 3.78. The van der Waals surface area contributed by atoms with Gasteiger partial charge in [-0.05, 0) is 39.0 Å². The lowest BCUT2D eigenvalue weighted by Gasteiger charge is -2.28. The Morgan fingerprint density at radius 1 is 1.15 bits per heavy atom. The first-order valence-corrected chi connectivity index (χ1v) is 11.6. The maximum atomic E-state index is 12.4. The van der Waals surface area contributed by atoms with Crippen molar-refractivity contribution in [3.63, 3.8) is 0 Å². The molecule has 1 amide bonds. The minimum atomic E-state index is -0.487. The standard InChI is InChI=1S/C24H31N4O3S.BrH/c1-24(2,3)31-23(29)28-11-9-27(10-12-28)19-15-22-18(14-20(19)30-6)25-17-8-7-16(26(4)5)13-21(17)32-22;/h7-8,13-15H,9-12H2,1-6H3;1H/q+1;/p-1. The molecule has 0 saturated carbocycles. The Bertz CT molecular complexity index is 1190. The highest BCUT2D eigenvalue weighted by Gasteiger charge is 2.28. The first-order valence-electron chi connectivity index (χ1n) is 10.8. The minimum absolute atomic E-state index is 0. The number of amides is 1. The molecule has 0 unspecified atom stereocenters. The number of ether oxygens (including phenoxy) is 2. The van der Waals surface area contributed by atoms with Crippen LogP contribution >= 0.6 is 11.3 Å². The molecular formula is C24H31BrN4O3S. The summed E-state index contributed by atoms with van der Waals surface area (Å²) in [7, 11) is 5.77. The van der Waals surface area contributed by atoms with E-state index in [-0.39, 0.29) is 23.1 Å². The van der Waals surface area contributed by atoms with Gasteiger partial charge in [0.15, 0.2) is 18.8 Å². The van der Waals surface area contributed by atoms with Crippen LogP contribution in [0, 0.1) is 0 Å². The maximum Gasteiger partial charge on any atom is 0.410 e. The molecule has 1 fully saturated rings. The molecule has 1 aromatic rings. The van der Waals surface area contributed by atoms with Crippen LogP contribution in [0.25, 0.3) is 20.8 Å². The number of benzene rings is 2. The third-order valence-corrected chi connectivity index (χ3v) is 6.55. The van der Waals surface area contributed by atoms with E-state index >= 15 is 0 Å². The number of aromatic nitrogens is 1. The van der Waals surface area contributed by atoms with E-state index in [1.807, 2.05) is 40.9 Å². The molecule has 2 aliphatic heterocycles. The van der Waals surface area contributed by atoms with E-state index in [1.54, 1.807) is 23.3 Å². The predicted octanol–water partition coefficient (Wildman–Crippen LogP) is 0.503. The number of hydrogen-bond acceptors (Lipinski definition) is 6. The molecule has 33 heavy (non-hydrogen) atoms. The van der Waals surface area contributed by atoms with Gasteiger partial charge in [-0.25, -0.2) is 14.4 Å². The summed E-state index contributed by atoms with van der Waals surface area (Å²) in [6.45, 7) is 8.34. The first kappa shape index (κ1) is 25.2. The lowest BCUT2D eigenvalue weighted by atomic mass is 10.2. The van der Waals surface area contributed by atoms with Gasteiger partial charge in [-0.1, -0.05) is 0 Å². The Morgan fingerprint density at radius 3 is 2.45 bits per heavy atom. The molecule has 1 saturated heterocycles. The largest absolute Gasteiger partial charge is 1.00 e. The van der Waals surface area contributed by atoms with Crippen molar-refractivity contribution in [1.29, 1.82) is 0 Å². The maximum absolute atomic E-state index is 12.4. The van der Waals surface area contributed by atoms with Crippen molar-refractivity contribution in [1.82, 2.24) is 14.5 Å². The van der Waals surface area contributed by atoms with Gasteiger partial charge in [0.1, 0.15) is 5.60 Å². The summed E-state index contributed by atoms with van der Waals surface area (Å²) in [4.78, 5) is 22.3. The van der Waals surface area contributed by atoms with E-state index in [9.17, 15) is 4.79 Å². The van der Waals surface area contributed by atoms with E-state index in [0.29, 0.717) is 13.1 Å². The fraction of sp³-hybridized carbons (Fsp3) is 0.458. The van der Waals surface area contributed by atoms with Crippen molar-refractivity contribution in [2.75, 3.05) is 52.3 Å². The zero-order chi connectivity index (χ0) is 23.0. The molecule has 0 N–H and O–H groups in total. The van der Waals surface area contributed by atoms with Crippen LogP contribution in [0.1, 0.15) is 20.8 Å². The van der Waals surface area contributed by atoms with Gasteiger partial charge in [-0.15, -0.1) is 11.3 Å². The zero-order valence-electron chi connectivity index (χ0n) is 20.0. The molecule has 1 aromatic carbocycles. The van der Waals surface area contributed by atoms with Gasteiger partial charge in [-0.2, -0.15) is 0 Å². The quantitative estimate of drug-likeness (QED) is 0.354. The number of halogens is 1. The van der Waals surface area contributed by atoms with Crippen molar-refractivity contribution in [2.24, 2.45) is 0 Å². The SMILES string of the molecule is COc1cc2nc3ccc(N(C)C)cc3sc-2cc1=[N+]1CCN(C(=O)OC(C)(C)C)CC1.[Br-]. The second-order valence-electron chi connectivity index (χ2n) is 9.21. The molecule has 9 heteroatoms. The Hall–Kier alpha value is -2.39. The summed E-state index contributed by atoms with van der Waals surface area (Å²) in [6.07, 6.45) is -0.253. The predicted molar refractivity (Wildman–Crippen MR) is 130 cm³/mol. The third kappa shape index (κ3) is 5.58. The van der Waals surface area contributed by atoms with Gasteiger partial charge in [-0.3, -0.25) is 4.90 Å². The fourth-order valence-corrected chi connectivity index (χ4v) is 4.79. The number of carbonyl (C=O) groups excluding carboxylic acids is 1. The third-order valence-electron chi connectivity index (χ3n) is 5.45. The summed E-state index contributed by atoms with van der Waals surface area (Å²) in [5, 5.41) is 1.03. The Morgan fingerprint density at radius 2 is 1.85 bits per heavy atom. The number of rotatable bonds is 2. The summed E-state index contributed by atoms with van der Waals surface area (Å²) in [5.74, 6) is 0.798. The van der Waals surface area contributed by atoms with Crippen LogP contribution in [0.4, 0.5) is 10.5 Å². The van der Waals surface area contributed by atoms with Crippen LogP contribution in [0.3, 0.4) is 0 Å². The van der Waals surface area contributed by atoms with E-state index < -0.39 is 5.60 Å². The number of methoxy groups -OCH3 is 1. The monoisotopic (exact) mass is 534 g/mol. The van der Waals surface area contributed by atoms with Crippen LogP contribution < -0.4 is 36.6 Å². The van der Waals surface area contributed by atoms with Crippen molar-refractivity contribution in [3.05, 3.63) is 35.7 Å². The highest BCUT2D eigenvalue weighted by molar-refractivity contribution is 7.21. The minimum Gasteiger partial charge on any atom is -1.00 e. The second kappa shape index (κ2) is 9.85. The molecular weight excluding hydrogens is 504 g/mol. The lowest BCUT2D eigenvalue weighted by Crippen LogP contribution is -3.00. The van der Waals surface area contributed by atoms with Crippen molar-refractivity contribution < 1.29 is 31.2 Å². The van der Waals surface area contributed by atoms with Crippen LogP contribution in [-0.2, 0) is 4.74 Å². The first-order chi connectivity index (χ1) is 15.1. The molecule has 0 radical (unpaired) electrons. The number of carbonyl (C=O) groups is 1. The molecule has 4 rings (SSSR count). The van der Waals surface area contributed by atoms with E-state index in [0.717, 1.165) is 50.7 Å².